The van der Waals surface area contributed by atoms with Gasteiger partial charge in [0.25, 0.3) is 0 Å². The van der Waals surface area contributed by atoms with Crippen molar-refractivity contribution in [3.8, 4) is 0 Å². The van der Waals surface area contributed by atoms with E-state index in [0.29, 0.717) is 18.1 Å². The second-order valence-electron chi connectivity index (χ2n) is 4.98. The van der Waals surface area contributed by atoms with Gasteiger partial charge >= 0.3 is 6.18 Å². The minimum Gasteiger partial charge on any atom is -0.314 e. The monoisotopic (exact) mass is 362 g/mol. The zero-order valence-electron chi connectivity index (χ0n) is 12.1. The Labute approximate surface area is 140 Å². The fraction of sp³-hybridized carbons (Fsp3) is 0.571. The van der Waals surface area contributed by atoms with Crippen LogP contribution in [0.2, 0.25) is 0 Å². The number of halogens is 6. The molecule has 0 bridgehead atoms. The van der Waals surface area contributed by atoms with E-state index in [9.17, 15) is 17.6 Å². The quantitative estimate of drug-likeness (QED) is 0.816. The third-order valence-corrected chi connectivity index (χ3v) is 3.61. The Bertz CT molecular complexity index is 463. The topological polar surface area (TPSA) is 15.3 Å². The van der Waals surface area contributed by atoms with Crippen molar-refractivity contribution in [1.82, 2.24) is 10.2 Å². The molecule has 1 fully saturated rings. The molecular formula is C14H20Cl2F4N2. The Morgan fingerprint density at radius 1 is 1.14 bits per heavy atom. The summed E-state index contributed by atoms with van der Waals surface area (Å²) in [7, 11) is 0. The Balaban J connectivity index is 0.00000220. The Kier molecular flexibility index (Phi) is 8.69. The lowest BCUT2D eigenvalue weighted by molar-refractivity contribution is -0.137. The number of piperazine rings is 1. The van der Waals surface area contributed by atoms with Crippen molar-refractivity contribution in [2.24, 2.45) is 0 Å². The van der Waals surface area contributed by atoms with E-state index in [2.05, 4.69) is 10.2 Å². The minimum atomic E-state index is -4.52. The van der Waals surface area contributed by atoms with Gasteiger partial charge in [-0.2, -0.15) is 13.2 Å². The summed E-state index contributed by atoms with van der Waals surface area (Å²) in [6.07, 6.45) is -3.86. The summed E-state index contributed by atoms with van der Waals surface area (Å²) in [4.78, 5) is 2.10. The van der Waals surface area contributed by atoms with Gasteiger partial charge in [0.2, 0.25) is 0 Å². The van der Waals surface area contributed by atoms with Gasteiger partial charge in [-0.05, 0) is 30.2 Å². The van der Waals surface area contributed by atoms with Crippen LogP contribution in [0.5, 0.6) is 0 Å². The van der Waals surface area contributed by atoms with Crippen LogP contribution in [0.4, 0.5) is 17.6 Å². The lowest BCUT2D eigenvalue weighted by Crippen LogP contribution is -2.45. The van der Waals surface area contributed by atoms with Crippen molar-refractivity contribution in [1.29, 1.82) is 0 Å². The molecule has 1 N–H and O–H groups in total. The van der Waals surface area contributed by atoms with E-state index in [0.717, 1.165) is 32.2 Å². The molecule has 2 nitrogen and oxygen atoms in total. The van der Waals surface area contributed by atoms with Gasteiger partial charge in [-0.25, -0.2) is 4.39 Å². The largest absolute Gasteiger partial charge is 0.416 e. The number of benzene rings is 1. The van der Waals surface area contributed by atoms with Crippen LogP contribution >= 0.6 is 24.8 Å². The zero-order valence-corrected chi connectivity index (χ0v) is 13.8. The lowest BCUT2D eigenvalue weighted by Gasteiger charge is -2.35. The lowest BCUT2D eigenvalue weighted by atomic mass is 9.99. The van der Waals surface area contributed by atoms with E-state index in [1.165, 1.54) is 6.07 Å². The Hall–Kier alpha value is -0.560. The van der Waals surface area contributed by atoms with E-state index in [1.807, 2.05) is 6.92 Å². The molecular weight excluding hydrogens is 343 g/mol. The van der Waals surface area contributed by atoms with E-state index in [1.54, 1.807) is 0 Å². The van der Waals surface area contributed by atoms with Crippen molar-refractivity contribution in [3.63, 3.8) is 0 Å². The highest BCUT2D eigenvalue weighted by Crippen LogP contribution is 2.33. The molecule has 8 heteroatoms. The second-order valence-corrected chi connectivity index (χ2v) is 4.98. The van der Waals surface area contributed by atoms with Crippen LogP contribution < -0.4 is 5.32 Å². The molecule has 0 radical (unpaired) electrons. The average Bonchev–Trinajstić information content (AvgIpc) is 2.39. The normalized spacial score (nSPS) is 17.3. The first-order valence-electron chi connectivity index (χ1n) is 6.74. The first-order valence-corrected chi connectivity index (χ1v) is 6.74. The summed E-state index contributed by atoms with van der Waals surface area (Å²) in [5, 5.41) is 3.20. The summed E-state index contributed by atoms with van der Waals surface area (Å²) >= 11 is 0. The van der Waals surface area contributed by atoms with Gasteiger partial charge in [0.15, 0.2) is 0 Å². The second kappa shape index (κ2) is 8.91. The van der Waals surface area contributed by atoms with Crippen molar-refractivity contribution in [3.05, 3.63) is 35.1 Å². The zero-order chi connectivity index (χ0) is 14.8. The molecule has 1 saturated heterocycles. The molecule has 0 spiro atoms. The van der Waals surface area contributed by atoms with Gasteiger partial charge in [-0.1, -0.05) is 6.92 Å². The van der Waals surface area contributed by atoms with Gasteiger partial charge in [0, 0.05) is 32.2 Å². The molecule has 0 aliphatic carbocycles. The molecule has 1 heterocycles. The molecule has 0 unspecified atom stereocenters. The van der Waals surface area contributed by atoms with Gasteiger partial charge < -0.3 is 5.32 Å². The number of nitrogens with one attached hydrogen (secondary N) is 1. The van der Waals surface area contributed by atoms with Crippen LogP contribution in [0.3, 0.4) is 0 Å². The van der Waals surface area contributed by atoms with Crippen LogP contribution in [0.1, 0.15) is 30.5 Å². The molecule has 0 amide bonds. The van der Waals surface area contributed by atoms with E-state index in [4.69, 9.17) is 0 Å². The molecule has 1 aliphatic rings. The van der Waals surface area contributed by atoms with Crippen molar-refractivity contribution in [2.45, 2.75) is 25.6 Å². The van der Waals surface area contributed by atoms with Gasteiger partial charge in [-0.3, -0.25) is 4.90 Å². The highest BCUT2D eigenvalue weighted by molar-refractivity contribution is 5.85. The molecule has 2 rings (SSSR count). The molecule has 22 heavy (non-hydrogen) atoms. The smallest absolute Gasteiger partial charge is 0.314 e. The number of nitrogens with zero attached hydrogens (tertiary/aromatic N) is 1. The van der Waals surface area contributed by atoms with Gasteiger partial charge in [-0.15, -0.1) is 24.8 Å². The molecule has 1 atom stereocenters. The molecule has 0 aromatic heterocycles. The van der Waals surface area contributed by atoms with Crippen molar-refractivity contribution < 1.29 is 17.6 Å². The fourth-order valence-corrected chi connectivity index (χ4v) is 2.67. The van der Waals surface area contributed by atoms with Crippen molar-refractivity contribution >= 4 is 24.8 Å². The minimum absolute atomic E-state index is 0. The van der Waals surface area contributed by atoms with Crippen LogP contribution in [0, 0.1) is 5.82 Å². The molecule has 1 aromatic rings. The molecule has 128 valence electrons. The maximum atomic E-state index is 13.5. The predicted octanol–water partition coefficient (Wildman–Crippen LogP) is 4.04. The van der Waals surface area contributed by atoms with Crippen LogP contribution in [0.15, 0.2) is 18.2 Å². The van der Waals surface area contributed by atoms with Crippen molar-refractivity contribution in [2.75, 3.05) is 26.2 Å². The summed E-state index contributed by atoms with van der Waals surface area (Å²) in [5.41, 5.74) is -0.511. The summed E-state index contributed by atoms with van der Waals surface area (Å²) in [6.45, 7) is 5.04. The summed E-state index contributed by atoms with van der Waals surface area (Å²) in [6, 6.07) is 2.66. The first kappa shape index (κ1) is 21.4. The number of rotatable bonds is 3. The predicted molar refractivity (Wildman–Crippen MR) is 83.4 cm³/mol. The van der Waals surface area contributed by atoms with Gasteiger partial charge in [0.1, 0.15) is 5.82 Å². The van der Waals surface area contributed by atoms with E-state index in [-0.39, 0.29) is 30.9 Å². The average molecular weight is 363 g/mol. The SMILES string of the molecule is CC[C@@H](c1cc(F)cc(C(F)(F)F)c1)N1CCNCC1.Cl.Cl. The summed E-state index contributed by atoms with van der Waals surface area (Å²) < 4.78 is 51.8. The summed E-state index contributed by atoms with van der Waals surface area (Å²) in [5.74, 6) is -0.830. The fourth-order valence-electron chi connectivity index (χ4n) is 2.67. The molecule has 1 aliphatic heterocycles. The third kappa shape index (κ3) is 5.26. The number of hydrogen-bond acceptors (Lipinski definition) is 2. The van der Waals surface area contributed by atoms with E-state index < -0.39 is 17.6 Å². The number of alkyl halides is 3. The maximum absolute atomic E-state index is 13.5. The molecule has 0 saturated carbocycles. The standard InChI is InChI=1S/C14H18F4N2.2ClH/c1-2-13(20-5-3-19-4-6-20)10-7-11(14(16,17)18)9-12(15)8-10;;/h7-9,13,19H,2-6H2,1H3;2*1H/t13-;;/m0../s1. The third-order valence-electron chi connectivity index (χ3n) is 3.61. The van der Waals surface area contributed by atoms with Gasteiger partial charge in [0.05, 0.1) is 5.56 Å². The Morgan fingerprint density at radius 2 is 1.73 bits per heavy atom. The first-order chi connectivity index (χ1) is 9.41. The molecule has 1 aromatic carbocycles. The van der Waals surface area contributed by atoms with Crippen LogP contribution in [-0.2, 0) is 6.18 Å². The Morgan fingerprint density at radius 3 is 2.23 bits per heavy atom. The van der Waals surface area contributed by atoms with Crippen LogP contribution in [-0.4, -0.2) is 31.1 Å². The highest BCUT2D eigenvalue weighted by atomic mass is 35.5. The highest BCUT2D eigenvalue weighted by Gasteiger charge is 2.32. The van der Waals surface area contributed by atoms with Crippen LogP contribution in [0.25, 0.3) is 0 Å². The van der Waals surface area contributed by atoms with E-state index >= 15 is 0 Å². The maximum Gasteiger partial charge on any atom is 0.416 e. The number of hydrogen-bond donors (Lipinski definition) is 1.